The number of hydrogen-bond acceptors (Lipinski definition) is 1. The third-order valence-corrected chi connectivity index (χ3v) is 2.35. The summed E-state index contributed by atoms with van der Waals surface area (Å²) >= 11 is 5.80. The van der Waals surface area contributed by atoms with Crippen molar-refractivity contribution in [2.45, 2.75) is 24.6 Å². The second-order valence-electron chi connectivity index (χ2n) is 2.87. The molecule has 1 aliphatic rings. The number of hydrogen-bond donors (Lipinski definition) is 0. The van der Waals surface area contributed by atoms with Crippen molar-refractivity contribution in [2.24, 2.45) is 0 Å². The van der Waals surface area contributed by atoms with E-state index in [2.05, 4.69) is 0 Å². The van der Waals surface area contributed by atoms with Gasteiger partial charge in [0, 0.05) is 5.38 Å². The number of alkyl halides is 3. The molecular weight excluding hydrogens is 172 g/mol. The average molecular weight is 184 g/mol. The summed E-state index contributed by atoms with van der Waals surface area (Å²) in [5.74, 6) is 0. The average Bonchev–Trinajstić information content (AvgIpc) is 1.93. The van der Waals surface area contributed by atoms with Crippen molar-refractivity contribution in [1.82, 2.24) is 4.90 Å². The number of piperidine rings is 1. The molecular formula is C7H12ClF2N. The molecule has 0 aromatic heterocycles. The Morgan fingerprint density at radius 2 is 1.91 bits per heavy atom. The summed E-state index contributed by atoms with van der Waals surface area (Å²) in [4.78, 5) is 1.77. The molecule has 0 saturated carbocycles. The van der Waals surface area contributed by atoms with Crippen molar-refractivity contribution in [3.8, 4) is 0 Å². The highest BCUT2D eigenvalue weighted by Crippen LogP contribution is 2.15. The Balaban J connectivity index is 2.17. The fourth-order valence-electron chi connectivity index (χ4n) is 1.28. The van der Waals surface area contributed by atoms with E-state index in [4.69, 9.17) is 11.6 Å². The van der Waals surface area contributed by atoms with Crippen molar-refractivity contribution in [3.05, 3.63) is 0 Å². The smallest absolute Gasteiger partial charge is 0.251 e. The molecule has 0 aromatic rings. The summed E-state index contributed by atoms with van der Waals surface area (Å²) in [6.07, 6.45) is -0.524. The quantitative estimate of drug-likeness (QED) is 0.592. The van der Waals surface area contributed by atoms with E-state index in [0.29, 0.717) is 0 Å². The fourth-order valence-corrected chi connectivity index (χ4v) is 1.47. The molecule has 0 aliphatic carbocycles. The van der Waals surface area contributed by atoms with Gasteiger partial charge in [-0.1, -0.05) is 0 Å². The largest absolute Gasteiger partial charge is 0.298 e. The molecule has 0 radical (unpaired) electrons. The van der Waals surface area contributed by atoms with Gasteiger partial charge in [-0.05, 0) is 25.9 Å². The highest BCUT2D eigenvalue weighted by Gasteiger charge is 2.19. The molecule has 0 bridgehead atoms. The first-order chi connectivity index (χ1) is 5.18. The number of likely N-dealkylation sites (tertiary alicyclic amines) is 1. The van der Waals surface area contributed by atoms with E-state index in [9.17, 15) is 8.78 Å². The predicted molar refractivity (Wildman–Crippen MR) is 41.3 cm³/mol. The molecule has 0 amide bonds. The Morgan fingerprint density at radius 1 is 1.36 bits per heavy atom. The molecule has 0 aromatic carbocycles. The summed E-state index contributed by atoms with van der Waals surface area (Å²) < 4.78 is 23.7. The van der Waals surface area contributed by atoms with Crippen molar-refractivity contribution in [3.63, 3.8) is 0 Å². The van der Waals surface area contributed by atoms with Gasteiger partial charge in [-0.3, -0.25) is 4.90 Å². The Labute approximate surface area is 70.3 Å². The van der Waals surface area contributed by atoms with Gasteiger partial charge < -0.3 is 0 Å². The Hall–Kier alpha value is 0.110. The molecule has 0 N–H and O–H groups in total. The standard InChI is InChI=1S/C7H12ClF2N/c8-6-1-3-11(4-2-6)5-7(9)10/h6-7H,1-5H2. The minimum Gasteiger partial charge on any atom is -0.298 e. The van der Waals surface area contributed by atoms with Crippen LogP contribution in [-0.4, -0.2) is 36.3 Å². The molecule has 1 heterocycles. The van der Waals surface area contributed by atoms with Gasteiger partial charge in [0.05, 0.1) is 6.54 Å². The van der Waals surface area contributed by atoms with Crippen LogP contribution in [-0.2, 0) is 0 Å². The maximum Gasteiger partial charge on any atom is 0.251 e. The summed E-state index contributed by atoms with van der Waals surface area (Å²) in [5, 5.41) is 0.198. The molecule has 1 aliphatic heterocycles. The van der Waals surface area contributed by atoms with Gasteiger partial charge >= 0.3 is 0 Å². The van der Waals surface area contributed by atoms with Crippen LogP contribution in [0.25, 0.3) is 0 Å². The van der Waals surface area contributed by atoms with Gasteiger partial charge in [-0.15, -0.1) is 11.6 Å². The van der Waals surface area contributed by atoms with E-state index in [1.54, 1.807) is 4.90 Å². The lowest BCUT2D eigenvalue weighted by Crippen LogP contribution is -2.37. The van der Waals surface area contributed by atoms with Crippen LogP contribution in [0.2, 0.25) is 0 Å². The molecule has 1 saturated heterocycles. The first-order valence-electron chi connectivity index (χ1n) is 3.83. The Morgan fingerprint density at radius 3 is 2.36 bits per heavy atom. The molecule has 0 spiro atoms. The highest BCUT2D eigenvalue weighted by molar-refractivity contribution is 6.20. The minimum atomic E-state index is -2.21. The second-order valence-corrected chi connectivity index (χ2v) is 3.48. The summed E-state index contributed by atoms with van der Waals surface area (Å²) in [6, 6.07) is 0. The molecule has 1 fully saturated rings. The first kappa shape index (κ1) is 9.20. The van der Waals surface area contributed by atoms with Crippen LogP contribution < -0.4 is 0 Å². The molecule has 1 nitrogen and oxygen atoms in total. The van der Waals surface area contributed by atoms with Crippen LogP contribution in [0.4, 0.5) is 8.78 Å². The third kappa shape index (κ3) is 3.34. The van der Waals surface area contributed by atoms with Crippen molar-refractivity contribution in [2.75, 3.05) is 19.6 Å². The number of halogens is 3. The molecule has 66 valence electrons. The normalized spacial score (nSPS) is 22.9. The number of nitrogens with zero attached hydrogens (tertiary/aromatic N) is 1. The van der Waals surface area contributed by atoms with E-state index in [1.807, 2.05) is 0 Å². The molecule has 4 heteroatoms. The zero-order valence-corrected chi connectivity index (χ0v) is 7.03. The van der Waals surface area contributed by atoms with Gasteiger partial charge in [-0.2, -0.15) is 0 Å². The van der Waals surface area contributed by atoms with Crippen molar-refractivity contribution in [1.29, 1.82) is 0 Å². The molecule has 0 atom stereocenters. The predicted octanol–water partition coefficient (Wildman–Crippen LogP) is 1.95. The van der Waals surface area contributed by atoms with Gasteiger partial charge in [0.1, 0.15) is 0 Å². The topological polar surface area (TPSA) is 3.24 Å². The monoisotopic (exact) mass is 183 g/mol. The summed E-state index contributed by atoms with van der Waals surface area (Å²) in [7, 11) is 0. The highest BCUT2D eigenvalue weighted by atomic mass is 35.5. The Bertz CT molecular complexity index is 113. The zero-order chi connectivity index (χ0) is 8.27. The van der Waals surface area contributed by atoms with Crippen molar-refractivity contribution >= 4 is 11.6 Å². The lowest BCUT2D eigenvalue weighted by molar-refractivity contribution is 0.0793. The van der Waals surface area contributed by atoms with Crippen molar-refractivity contribution < 1.29 is 8.78 Å². The van der Waals surface area contributed by atoms with Gasteiger partial charge in [0.2, 0.25) is 0 Å². The lowest BCUT2D eigenvalue weighted by atomic mass is 10.1. The van der Waals surface area contributed by atoms with E-state index in [0.717, 1.165) is 25.9 Å². The van der Waals surface area contributed by atoms with E-state index < -0.39 is 6.43 Å². The molecule has 11 heavy (non-hydrogen) atoms. The SMILES string of the molecule is FC(F)CN1CCC(Cl)CC1. The first-order valence-corrected chi connectivity index (χ1v) is 4.26. The van der Waals surface area contributed by atoms with Gasteiger partial charge in [0.15, 0.2) is 0 Å². The number of rotatable bonds is 2. The molecule has 1 rings (SSSR count). The summed E-state index contributed by atoms with van der Waals surface area (Å²) in [6.45, 7) is 1.35. The Kier molecular flexibility index (Phi) is 3.52. The van der Waals surface area contributed by atoms with Crippen LogP contribution in [0.5, 0.6) is 0 Å². The minimum absolute atomic E-state index is 0.0936. The fraction of sp³-hybridized carbons (Fsp3) is 1.00. The second kappa shape index (κ2) is 4.21. The van der Waals surface area contributed by atoms with E-state index in [1.165, 1.54) is 0 Å². The zero-order valence-electron chi connectivity index (χ0n) is 6.27. The maximum absolute atomic E-state index is 11.8. The van der Waals surface area contributed by atoms with Crippen LogP contribution in [0.1, 0.15) is 12.8 Å². The summed E-state index contributed by atoms with van der Waals surface area (Å²) in [5.41, 5.74) is 0. The van der Waals surface area contributed by atoms with Gasteiger partial charge in [-0.25, -0.2) is 8.78 Å². The van der Waals surface area contributed by atoms with E-state index in [-0.39, 0.29) is 11.9 Å². The van der Waals surface area contributed by atoms with Crippen LogP contribution >= 0.6 is 11.6 Å². The van der Waals surface area contributed by atoms with Crippen LogP contribution in [0.3, 0.4) is 0 Å². The third-order valence-electron chi connectivity index (χ3n) is 1.91. The van der Waals surface area contributed by atoms with E-state index >= 15 is 0 Å². The molecule has 0 unspecified atom stereocenters. The van der Waals surface area contributed by atoms with Crippen LogP contribution in [0, 0.1) is 0 Å². The lowest BCUT2D eigenvalue weighted by Gasteiger charge is -2.28. The van der Waals surface area contributed by atoms with Crippen LogP contribution in [0.15, 0.2) is 0 Å². The van der Waals surface area contributed by atoms with Gasteiger partial charge in [0.25, 0.3) is 6.43 Å². The maximum atomic E-state index is 11.8.